The Bertz CT molecular complexity index is 2180. The van der Waals surface area contributed by atoms with Gasteiger partial charge in [-0.1, -0.05) is 141 Å². The average Bonchev–Trinajstić information content (AvgIpc) is 3.14. The van der Waals surface area contributed by atoms with E-state index in [1.165, 1.54) is 43.0 Å². The van der Waals surface area contributed by atoms with E-state index in [4.69, 9.17) is 9.47 Å². The van der Waals surface area contributed by atoms with E-state index < -0.39 is 8.07 Å². The summed E-state index contributed by atoms with van der Waals surface area (Å²) in [6, 6.07) is 61.4. The molecule has 3 heterocycles. The molecular weight excluding hydrogens is 601 g/mol. The van der Waals surface area contributed by atoms with E-state index in [1.54, 1.807) is 0 Å². The number of hydrogen-bond acceptors (Lipinski definition) is 3. The zero-order valence-electron chi connectivity index (χ0n) is 25.5. The SMILES string of the molecule is C.c1ccc([Si]2(c3ccccc3)c3ccccc3N(c3cc4c5c(c3)Oc3ccccc3B5c3ccccc3O4)c3ccccc32)cc1. The summed E-state index contributed by atoms with van der Waals surface area (Å²) >= 11 is 0. The zero-order valence-corrected chi connectivity index (χ0v) is 26.5. The number of benzene rings is 7. The average molecular weight is 634 g/mol. The molecule has 0 amide bonds. The minimum absolute atomic E-state index is 0. The third-order valence-electron chi connectivity index (χ3n) is 10.0. The lowest BCUT2D eigenvalue weighted by atomic mass is 9.35. The molecule has 0 saturated carbocycles. The van der Waals surface area contributed by atoms with E-state index in [1.807, 2.05) is 12.1 Å². The van der Waals surface area contributed by atoms with Crippen LogP contribution in [0.3, 0.4) is 0 Å². The highest BCUT2D eigenvalue weighted by molar-refractivity contribution is 7.21. The fourth-order valence-electron chi connectivity index (χ4n) is 8.20. The molecule has 0 aromatic heterocycles. The van der Waals surface area contributed by atoms with E-state index in [0.29, 0.717) is 0 Å². The van der Waals surface area contributed by atoms with Crippen LogP contribution in [0.2, 0.25) is 0 Å². The van der Waals surface area contributed by atoms with Crippen LogP contribution in [0.25, 0.3) is 0 Å². The standard InChI is InChI=1S/C42H28BNO2Si.CH4/c1-3-15-30(16-4-1)47(31-17-5-2-6-18-31)40-25-13-9-21-34(40)44(35-22-10-14-26-41(35)47)29-27-38-42-39(28-29)46-37-24-12-8-20-33(37)43(42)32-19-7-11-23-36(32)45-38;/h1-28H;1H4. The van der Waals surface area contributed by atoms with Crippen LogP contribution < -0.4 is 51.5 Å². The lowest BCUT2D eigenvalue weighted by molar-refractivity contribution is 0.465. The van der Waals surface area contributed by atoms with Gasteiger partial charge in [-0.05, 0) is 55.9 Å². The molecule has 0 aliphatic carbocycles. The molecule has 0 atom stereocenters. The van der Waals surface area contributed by atoms with Gasteiger partial charge in [0, 0.05) is 29.0 Å². The number of hydrogen-bond donors (Lipinski definition) is 0. The van der Waals surface area contributed by atoms with Gasteiger partial charge in [0.1, 0.15) is 23.0 Å². The van der Waals surface area contributed by atoms with E-state index in [2.05, 4.69) is 163 Å². The molecule has 3 aliphatic heterocycles. The van der Waals surface area contributed by atoms with E-state index >= 15 is 0 Å². The number of nitrogens with zero attached hydrogens (tertiary/aromatic N) is 1. The summed E-state index contributed by atoms with van der Waals surface area (Å²) in [5, 5.41) is 5.46. The monoisotopic (exact) mass is 633 g/mol. The van der Waals surface area contributed by atoms with Gasteiger partial charge in [-0.25, -0.2) is 0 Å². The third kappa shape index (κ3) is 3.88. The maximum atomic E-state index is 6.73. The van der Waals surface area contributed by atoms with Crippen LogP contribution >= 0.6 is 0 Å². The van der Waals surface area contributed by atoms with Crippen LogP contribution in [-0.4, -0.2) is 14.8 Å². The Morgan fingerprint density at radius 3 is 1.35 bits per heavy atom. The van der Waals surface area contributed by atoms with E-state index in [-0.39, 0.29) is 14.1 Å². The number of rotatable bonds is 3. The van der Waals surface area contributed by atoms with Crippen molar-refractivity contribution in [1.82, 2.24) is 0 Å². The first-order valence-electron chi connectivity index (χ1n) is 16.1. The molecule has 48 heavy (non-hydrogen) atoms. The zero-order chi connectivity index (χ0) is 31.0. The minimum atomic E-state index is -2.70. The second kappa shape index (κ2) is 10.9. The van der Waals surface area contributed by atoms with E-state index in [0.717, 1.165) is 34.1 Å². The Morgan fingerprint density at radius 2 is 0.854 bits per heavy atom. The minimum Gasteiger partial charge on any atom is -0.458 e. The molecule has 3 nitrogen and oxygen atoms in total. The van der Waals surface area contributed by atoms with Crippen LogP contribution in [0.15, 0.2) is 170 Å². The largest absolute Gasteiger partial charge is 0.458 e. The fraction of sp³-hybridized carbons (Fsp3) is 0.0233. The highest BCUT2D eigenvalue weighted by Crippen LogP contribution is 2.43. The van der Waals surface area contributed by atoms with Crippen LogP contribution in [-0.2, 0) is 0 Å². The van der Waals surface area contributed by atoms with Crippen molar-refractivity contribution in [3.63, 3.8) is 0 Å². The number of para-hydroxylation sites is 4. The van der Waals surface area contributed by atoms with Crippen molar-refractivity contribution in [2.24, 2.45) is 0 Å². The van der Waals surface area contributed by atoms with Gasteiger partial charge in [0.2, 0.25) is 0 Å². The first-order chi connectivity index (χ1) is 23.3. The van der Waals surface area contributed by atoms with Crippen molar-refractivity contribution in [2.75, 3.05) is 4.90 Å². The molecule has 5 heteroatoms. The number of ether oxygens (including phenoxy) is 2. The van der Waals surface area contributed by atoms with Gasteiger partial charge < -0.3 is 14.4 Å². The second-order valence-corrected chi connectivity index (χ2v) is 16.2. The van der Waals surface area contributed by atoms with Crippen molar-refractivity contribution >= 4 is 69.0 Å². The molecule has 7 aromatic rings. The van der Waals surface area contributed by atoms with Crippen LogP contribution in [0.1, 0.15) is 7.43 Å². The summed E-state index contributed by atoms with van der Waals surface area (Å²) in [5.41, 5.74) is 6.80. The van der Waals surface area contributed by atoms with Gasteiger partial charge in [-0.15, -0.1) is 0 Å². The summed E-state index contributed by atoms with van der Waals surface area (Å²) < 4.78 is 13.5. The Kier molecular flexibility index (Phi) is 6.46. The highest BCUT2D eigenvalue weighted by atomic mass is 28.3. The fourth-order valence-corrected chi connectivity index (χ4v) is 13.3. The Hall–Kier alpha value is -5.78. The summed E-state index contributed by atoms with van der Waals surface area (Å²) in [6.45, 7) is 0.0427. The van der Waals surface area contributed by atoms with Gasteiger partial charge >= 0.3 is 0 Å². The first-order valence-corrected chi connectivity index (χ1v) is 18.1. The normalized spacial score (nSPS) is 14.1. The van der Waals surface area contributed by atoms with Crippen molar-refractivity contribution in [3.8, 4) is 23.0 Å². The van der Waals surface area contributed by atoms with Crippen LogP contribution in [0, 0.1) is 0 Å². The van der Waals surface area contributed by atoms with Crippen molar-refractivity contribution in [2.45, 2.75) is 7.43 Å². The van der Waals surface area contributed by atoms with E-state index in [9.17, 15) is 0 Å². The smallest absolute Gasteiger partial charge is 0.260 e. The molecule has 0 fully saturated rings. The summed E-state index contributed by atoms with van der Waals surface area (Å²) in [6.07, 6.45) is 0. The summed E-state index contributed by atoms with van der Waals surface area (Å²) in [4.78, 5) is 2.42. The molecular formula is C43H32BNO2Si. The highest BCUT2D eigenvalue weighted by Gasteiger charge is 2.49. The lowest BCUT2D eigenvalue weighted by Crippen LogP contribution is -2.77. The van der Waals surface area contributed by atoms with Crippen molar-refractivity contribution in [3.05, 3.63) is 170 Å². The molecule has 0 radical (unpaired) electrons. The van der Waals surface area contributed by atoms with Crippen molar-refractivity contribution in [1.29, 1.82) is 0 Å². The molecule has 0 N–H and O–H groups in total. The van der Waals surface area contributed by atoms with Gasteiger partial charge in [0.05, 0.1) is 5.69 Å². The molecule has 3 aliphatic rings. The Labute approximate surface area is 282 Å². The Balaban J connectivity index is 0.00000314. The number of anilines is 3. The molecule has 0 bridgehead atoms. The lowest BCUT2D eigenvalue weighted by Gasteiger charge is -2.45. The molecule has 10 rings (SSSR count). The predicted molar refractivity (Wildman–Crippen MR) is 203 cm³/mol. The van der Waals surface area contributed by atoms with Gasteiger partial charge in [-0.2, -0.15) is 0 Å². The summed E-state index contributed by atoms with van der Waals surface area (Å²) in [7, 11) is -2.70. The van der Waals surface area contributed by atoms with Crippen LogP contribution in [0.5, 0.6) is 23.0 Å². The van der Waals surface area contributed by atoms with Crippen LogP contribution in [0.4, 0.5) is 17.1 Å². The number of fused-ring (bicyclic) bond motifs is 6. The first kappa shape index (κ1) is 28.4. The molecule has 7 aromatic carbocycles. The Morgan fingerprint density at radius 1 is 0.438 bits per heavy atom. The quantitative estimate of drug-likeness (QED) is 0.216. The van der Waals surface area contributed by atoms with Gasteiger partial charge in [0.15, 0.2) is 8.07 Å². The second-order valence-electron chi connectivity index (χ2n) is 12.4. The maximum Gasteiger partial charge on any atom is 0.260 e. The van der Waals surface area contributed by atoms with Gasteiger partial charge in [0.25, 0.3) is 6.71 Å². The molecule has 0 saturated heterocycles. The molecule has 228 valence electrons. The molecule has 0 spiro atoms. The summed E-state index contributed by atoms with van der Waals surface area (Å²) in [5.74, 6) is 3.46. The predicted octanol–water partition coefficient (Wildman–Crippen LogP) is 6.21. The topological polar surface area (TPSA) is 21.7 Å². The van der Waals surface area contributed by atoms with Crippen molar-refractivity contribution < 1.29 is 9.47 Å². The molecule has 0 unspecified atom stereocenters. The third-order valence-corrected chi connectivity index (χ3v) is 14.9. The van der Waals surface area contributed by atoms with Gasteiger partial charge in [-0.3, -0.25) is 0 Å². The maximum absolute atomic E-state index is 6.73.